The summed E-state index contributed by atoms with van der Waals surface area (Å²) in [5.74, 6) is -0.284. The Balaban J connectivity index is 2.69. The van der Waals surface area contributed by atoms with Crippen LogP contribution in [-0.4, -0.2) is 17.2 Å². The molecule has 0 radical (unpaired) electrons. The van der Waals surface area contributed by atoms with Crippen molar-refractivity contribution in [3.8, 4) is 0 Å². The molecule has 0 bridgehead atoms. The van der Waals surface area contributed by atoms with Crippen LogP contribution in [0.2, 0.25) is 0 Å². The third kappa shape index (κ3) is 1.67. The van der Waals surface area contributed by atoms with Gasteiger partial charge >= 0.3 is 7.12 Å². The van der Waals surface area contributed by atoms with E-state index in [0.29, 0.717) is 13.7 Å². The molecule has 0 atom stereocenters. The third-order valence-electron chi connectivity index (χ3n) is 1.91. The molecule has 0 unspecified atom stereocenters. The Morgan fingerprint density at radius 1 is 1.36 bits per heavy atom. The van der Waals surface area contributed by atoms with Crippen molar-refractivity contribution >= 4 is 56.6 Å². The average molecular weight is 322 g/mol. The zero-order chi connectivity index (χ0) is 10.3. The standard InChI is InChI=1S/C8H5BFIO2S/c10-7-5-3-4(9(12)13)1-2-6(5)14-8(7)11/h1-3,12-13H. The minimum atomic E-state index is -1.55. The Morgan fingerprint density at radius 3 is 2.71 bits per heavy atom. The van der Waals surface area contributed by atoms with Crippen molar-refractivity contribution < 1.29 is 14.4 Å². The zero-order valence-corrected chi connectivity index (χ0v) is 9.84. The highest BCUT2D eigenvalue weighted by molar-refractivity contribution is 14.1. The van der Waals surface area contributed by atoms with E-state index in [1.807, 2.05) is 22.6 Å². The van der Waals surface area contributed by atoms with Crippen LogP contribution in [0.3, 0.4) is 0 Å². The lowest BCUT2D eigenvalue weighted by atomic mass is 9.80. The molecule has 2 rings (SSSR count). The van der Waals surface area contributed by atoms with Gasteiger partial charge in [-0.25, -0.2) is 4.39 Å². The molecule has 0 amide bonds. The van der Waals surface area contributed by atoms with E-state index in [0.717, 1.165) is 4.70 Å². The minimum absolute atomic E-state index is 0.284. The van der Waals surface area contributed by atoms with Crippen LogP contribution in [0.1, 0.15) is 0 Å². The molecule has 2 N–H and O–H groups in total. The number of halogens is 2. The fraction of sp³-hybridized carbons (Fsp3) is 0. The molecule has 0 aliphatic heterocycles. The molecule has 72 valence electrons. The molecular weight excluding hydrogens is 317 g/mol. The topological polar surface area (TPSA) is 40.5 Å². The first-order chi connectivity index (χ1) is 6.59. The lowest BCUT2D eigenvalue weighted by Gasteiger charge is -1.98. The van der Waals surface area contributed by atoms with Crippen LogP contribution >= 0.6 is 33.9 Å². The lowest BCUT2D eigenvalue weighted by molar-refractivity contribution is 0.426. The van der Waals surface area contributed by atoms with Crippen molar-refractivity contribution in [2.75, 3.05) is 0 Å². The third-order valence-corrected chi connectivity index (χ3v) is 3.98. The van der Waals surface area contributed by atoms with Crippen LogP contribution in [0, 0.1) is 8.70 Å². The Bertz CT molecular complexity index is 485. The largest absolute Gasteiger partial charge is 0.488 e. The van der Waals surface area contributed by atoms with Gasteiger partial charge in [-0.15, -0.1) is 11.3 Å². The zero-order valence-electron chi connectivity index (χ0n) is 6.87. The number of fused-ring (bicyclic) bond motifs is 1. The summed E-state index contributed by atoms with van der Waals surface area (Å²) in [7, 11) is -1.55. The van der Waals surface area contributed by atoms with E-state index in [1.54, 1.807) is 12.1 Å². The molecule has 0 fully saturated rings. The van der Waals surface area contributed by atoms with Crippen molar-refractivity contribution in [2.45, 2.75) is 0 Å². The molecule has 1 aromatic carbocycles. The van der Waals surface area contributed by atoms with Gasteiger partial charge in [0, 0.05) is 10.1 Å². The van der Waals surface area contributed by atoms with E-state index in [9.17, 15) is 4.39 Å². The Hall–Kier alpha value is -0.175. The van der Waals surface area contributed by atoms with E-state index in [-0.39, 0.29) is 5.82 Å². The van der Waals surface area contributed by atoms with Crippen LogP contribution in [-0.2, 0) is 0 Å². The van der Waals surface area contributed by atoms with E-state index < -0.39 is 7.12 Å². The van der Waals surface area contributed by atoms with E-state index in [2.05, 4.69) is 0 Å². The summed E-state index contributed by atoms with van der Waals surface area (Å²) < 4.78 is 14.8. The number of hydrogen-bond acceptors (Lipinski definition) is 3. The van der Waals surface area contributed by atoms with Crippen LogP contribution < -0.4 is 5.46 Å². The second-order valence-corrected chi connectivity index (χ2v) is 5.68. The highest BCUT2D eigenvalue weighted by Crippen LogP contribution is 2.30. The quantitative estimate of drug-likeness (QED) is 0.614. The molecule has 0 saturated carbocycles. The molecule has 2 aromatic rings. The normalized spacial score (nSPS) is 10.9. The van der Waals surface area contributed by atoms with Gasteiger partial charge in [0.05, 0.1) is 0 Å². The fourth-order valence-corrected chi connectivity index (χ4v) is 3.01. The van der Waals surface area contributed by atoms with Gasteiger partial charge in [-0.1, -0.05) is 12.1 Å². The van der Waals surface area contributed by atoms with Crippen LogP contribution in [0.4, 0.5) is 4.39 Å². The molecule has 1 aromatic heterocycles. The number of hydrogen-bond donors (Lipinski definition) is 2. The van der Waals surface area contributed by atoms with Crippen molar-refractivity contribution in [3.63, 3.8) is 0 Å². The highest BCUT2D eigenvalue weighted by atomic mass is 127. The van der Waals surface area contributed by atoms with Crippen molar-refractivity contribution in [3.05, 3.63) is 26.9 Å². The summed E-state index contributed by atoms with van der Waals surface area (Å²) >= 11 is 3.27. The van der Waals surface area contributed by atoms with Crippen molar-refractivity contribution in [1.29, 1.82) is 0 Å². The van der Waals surface area contributed by atoms with Crippen LogP contribution in [0.15, 0.2) is 18.2 Å². The second-order valence-electron chi connectivity index (χ2n) is 2.82. The van der Waals surface area contributed by atoms with Gasteiger partial charge in [0.1, 0.15) is 2.88 Å². The molecule has 14 heavy (non-hydrogen) atoms. The number of benzene rings is 1. The maximum atomic E-state index is 13.4. The summed E-state index contributed by atoms with van der Waals surface area (Å²) in [6.07, 6.45) is 0. The predicted octanol–water partition coefficient (Wildman–Crippen LogP) is 1.32. The monoisotopic (exact) mass is 322 g/mol. The summed E-state index contributed by atoms with van der Waals surface area (Å²) in [6, 6.07) is 4.74. The number of thiophene rings is 1. The molecular formula is C8H5BFIO2S. The maximum Gasteiger partial charge on any atom is 0.488 e. The first-order valence-electron chi connectivity index (χ1n) is 3.83. The van der Waals surface area contributed by atoms with Gasteiger partial charge in [0.2, 0.25) is 0 Å². The van der Waals surface area contributed by atoms with E-state index in [1.165, 1.54) is 17.4 Å². The molecule has 2 nitrogen and oxygen atoms in total. The summed E-state index contributed by atoms with van der Waals surface area (Å²) in [5.41, 5.74) is 0.311. The van der Waals surface area contributed by atoms with Gasteiger partial charge < -0.3 is 10.0 Å². The smallest absolute Gasteiger partial charge is 0.423 e. The molecule has 1 heterocycles. The second kappa shape index (κ2) is 3.76. The van der Waals surface area contributed by atoms with Gasteiger partial charge in [0.15, 0.2) is 5.82 Å². The van der Waals surface area contributed by atoms with Gasteiger partial charge in [-0.05, 0) is 34.1 Å². The Labute approximate surface area is 97.7 Å². The Kier molecular flexibility index (Phi) is 2.78. The molecule has 6 heteroatoms. The van der Waals surface area contributed by atoms with Gasteiger partial charge in [0.25, 0.3) is 0 Å². The molecule has 0 aliphatic rings. The molecule has 0 saturated heterocycles. The SMILES string of the molecule is OB(O)c1ccc2sc(I)c(F)c2c1. The predicted molar refractivity (Wildman–Crippen MR) is 64.3 cm³/mol. The lowest BCUT2D eigenvalue weighted by Crippen LogP contribution is -2.29. The maximum absolute atomic E-state index is 13.4. The Morgan fingerprint density at radius 2 is 2.07 bits per heavy atom. The number of rotatable bonds is 1. The summed E-state index contributed by atoms with van der Waals surface area (Å²) in [5, 5.41) is 18.3. The first-order valence-corrected chi connectivity index (χ1v) is 5.72. The van der Waals surface area contributed by atoms with Crippen molar-refractivity contribution in [1.82, 2.24) is 0 Å². The minimum Gasteiger partial charge on any atom is -0.423 e. The summed E-state index contributed by atoms with van der Waals surface area (Å²) in [4.78, 5) is 0. The molecule has 0 aliphatic carbocycles. The van der Waals surface area contributed by atoms with Gasteiger partial charge in [-0.3, -0.25) is 0 Å². The van der Waals surface area contributed by atoms with Crippen molar-refractivity contribution in [2.24, 2.45) is 0 Å². The van der Waals surface area contributed by atoms with Crippen LogP contribution in [0.5, 0.6) is 0 Å². The summed E-state index contributed by atoms with van der Waals surface area (Å²) in [6.45, 7) is 0. The van der Waals surface area contributed by atoms with Gasteiger partial charge in [-0.2, -0.15) is 0 Å². The molecule has 0 spiro atoms. The van der Waals surface area contributed by atoms with E-state index in [4.69, 9.17) is 10.0 Å². The average Bonchev–Trinajstić information content (AvgIpc) is 2.43. The van der Waals surface area contributed by atoms with E-state index >= 15 is 0 Å². The highest BCUT2D eigenvalue weighted by Gasteiger charge is 2.15. The van der Waals surface area contributed by atoms with Crippen LogP contribution in [0.25, 0.3) is 10.1 Å². The fourth-order valence-electron chi connectivity index (χ4n) is 1.22. The first kappa shape index (κ1) is 10.3.